The zero-order valence-electron chi connectivity index (χ0n) is 25.1. The molecule has 3 N–H and O–H groups in total. The third kappa shape index (κ3) is 14.0. The molecule has 2 heterocycles. The molecule has 2 aromatic heterocycles. The van der Waals surface area contributed by atoms with Crippen LogP contribution in [0.4, 0.5) is 0 Å². The largest absolute Gasteiger partial charge is 0.455 e. The van der Waals surface area contributed by atoms with Crippen LogP contribution >= 0.6 is 160 Å². The summed E-state index contributed by atoms with van der Waals surface area (Å²) >= 11 is 47.8. The van der Waals surface area contributed by atoms with Crippen LogP contribution in [0.5, 0.6) is 23.0 Å². The van der Waals surface area contributed by atoms with Crippen LogP contribution in [-0.2, 0) is 11.3 Å². The minimum absolute atomic E-state index is 0. The van der Waals surface area contributed by atoms with E-state index in [2.05, 4.69) is 84.4 Å². The Balaban J connectivity index is 0.000000235. The number of halogens is 13. The van der Waals surface area contributed by atoms with Gasteiger partial charge in [-0.25, -0.2) is 4.79 Å². The molecule has 0 aliphatic heterocycles. The fourth-order valence-electron chi connectivity index (χ4n) is 4.24. The number of rotatable bonds is 8. The number of aliphatic hydroxyl groups is 1. The summed E-state index contributed by atoms with van der Waals surface area (Å²) in [4.78, 5) is 17.7. The Kier molecular flexibility index (Phi) is 21.7. The van der Waals surface area contributed by atoms with Gasteiger partial charge in [0.15, 0.2) is 0 Å². The number of aliphatic hydroxyl groups excluding tert-OH is 1. The van der Waals surface area contributed by atoms with Gasteiger partial charge in [0.25, 0.3) is 0 Å². The molecule has 0 spiro atoms. The van der Waals surface area contributed by atoms with E-state index in [1.54, 1.807) is 72.8 Å². The van der Waals surface area contributed by atoms with Gasteiger partial charge in [-0.1, -0.05) is 77.0 Å². The Morgan fingerprint density at radius 2 is 1.17 bits per heavy atom. The number of methoxy groups -OCH3 is 1. The Hall–Kier alpha value is 1.84. The number of fused-ring (bicyclic) bond motifs is 2. The van der Waals surface area contributed by atoms with Crippen molar-refractivity contribution in [2.75, 3.05) is 7.11 Å². The van der Waals surface area contributed by atoms with Gasteiger partial charge < -0.3 is 29.3 Å². The first-order valence-electron chi connectivity index (χ1n) is 13.5. The molecule has 0 saturated carbocycles. The molecule has 0 fully saturated rings. The van der Waals surface area contributed by atoms with Gasteiger partial charge in [-0.3, -0.25) is 0 Å². The standard InChI is InChI=1S/C16H10Cl3NO3.C15H10Cl3NO2.CH4.I7/c1-22-16(21)13-7-10-12(20-13)4-9(18)6-14(10)23-15-5-8(17)2-3-11(15)19;16-8-1-2-12(18)15(4-8)21-14-5-9(17)3-13-11(14)6-10(7-20)19-13;;1-5-7(4)6(2)3/h2-7,20H,1H3;1-6,19-20H,7H2;1H4;/q;;;-1. The first-order chi connectivity index (χ1) is 24.2. The molecule has 0 saturated heterocycles. The summed E-state index contributed by atoms with van der Waals surface area (Å²) in [5.41, 5.74) is 2.40. The van der Waals surface area contributed by atoms with E-state index in [1.807, 2.05) is 0 Å². The topological polar surface area (TPSA) is 96.6 Å². The first kappa shape index (κ1) is 48.2. The minimum atomic E-state index is -0.482. The van der Waals surface area contributed by atoms with Crippen LogP contribution < -0.4 is 22.7 Å². The third-order valence-corrected chi connectivity index (χ3v) is 256. The Morgan fingerprint density at radius 3 is 1.60 bits per heavy atom. The molecule has 0 unspecified atom stereocenters. The monoisotopic (exact) mass is 1610 g/mol. The van der Waals surface area contributed by atoms with E-state index in [9.17, 15) is 9.90 Å². The second kappa shape index (κ2) is 23.4. The average molecular weight is 1620 g/mol. The third-order valence-electron chi connectivity index (χ3n) is 6.31. The van der Waals surface area contributed by atoms with Gasteiger partial charge in [0.2, 0.25) is 0 Å². The fraction of sp³-hybridized carbons (Fsp3) is 0.0938. The van der Waals surface area contributed by atoms with Gasteiger partial charge in [0.05, 0.1) is 34.8 Å². The summed E-state index contributed by atoms with van der Waals surface area (Å²) < 4.78 is 16.4. The van der Waals surface area contributed by atoms with Gasteiger partial charge >= 0.3 is 109 Å². The predicted molar refractivity (Wildman–Crippen MR) is 268 cm³/mol. The van der Waals surface area contributed by atoms with Crippen molar-refractivity contribution < 1.29 is 37.4 Å². The number of benzene rings is 4. The summed E-state index contributed by atoms with van der Waals surface area (Å²) in [6.07, 6.45) is 0. The number of ether oxygens (including phenoxy) is 3. The quantitative estimate of drug-likeness (QED) is 0.104. The van der Waals surface area contributed by atoms with Crippen molar-refractivity contribution in [3.63, 3.8) is 0 Å². The molecule has 20 heteroatoms. The number of aromatic amines is 2. The molecule has 0 amide bonds. The number of carbonyl (C=O) groups is 1. The molecule has 0 radical (unpaired) electrons. The van der Waals surface area contributed by atoms with E-state index in [4.69, 9.17) is 83.8 Å². The van der Waals surface area contributed by atoms with Crippen molar-refractivity contribution in [2.24, 2.45) is 0 Å². The van der Waals surface area contributed by atoms with Gasteiger partial charge in [-0.2, -0.15) is 0 Å². The van der Waals surface area contributed by atoms with Crippen molar-refractivity contribution in [3.05, 3.63) is 114 Å². The number of esters is 1. The van der Waals surface area contributed by atoms with Crippen LogP contribution in [0.15, 0.2) is 72.8 Å². The second-order valence-corrected chi connectivity index (χ2v) is 126. The SMILES string of the molecule is C.COC(=O)c1cc2c(Oc3cc(Cl)ccc3Cl)cc(Cl)cc2[nH]1.I[I-]I(I)I(I)I.OCc1cc2c(Oc3cc(Cl)ccc3Cl)cc(Cl)cc2[nH]1. The van der Waals surface area contributed by atoms with E-state index in [1.165, 1.54) is 7.11 Å². The summed E-state index contributed by atoms with van der Waals surface area (Å²) in [7, 11) is 0.819. The van der Waals surface area contributed by atoms with Crippen molar-refractivity contribution >= 4 is 188 Å². The molecule has 4 aromatic carbocycles. The van der Waals surface area contributed by atoms with Crippen LogP contribution in [0.1, 0.15) is 23.6 Å². The fourth-order valence-corrected chi connectivity index (χ4v) is 215. The van der Waals surface area contributed by atoms with Gasteiger partial charge in [0.1, 0.15) is 28.7 Å². The van der Waals surface area contributed by atoms with Crippen LogP contribution in [0.25, 0.3) is 21.8 Å². The van der Waals surface area contributed by atoms with Crippen molar-refractivity contribution in [1.29, 1.82) is 0 Å². The maximum absolute atomic E-state index is 11.7. The maximum atomic E-state index is 11.7. The van der Waals surface area contributed by atoms with E-state index in [-0.39, 0.29) is 29.8 Å². The molecule has 6 aromatic rings. The zero-order valence-corrected chi connectivity index (χ0v) is 44.8. The predicted octanol–water partition coefficient (Wildman–Crippen LogP) is 14.1. The summed E-state index contributed by atoms with van der Waals surface area (Å²) in [5, 5.41) is 13.5. The Bertz CT molecular complexity index is 2150. The number of hydrogen-bond acceptors (Lipinski definition) is 5. The Labute approximate surface area is 386 Å². The number of nitrogens with one attached hydrogen (secondary N) is 2. The number of aromatic nitrogens is 2. The van der Waals surface area contributed by atoms with Crippen molar-refractivity contribution in [1.82, 2.24) is 9.97 Å². The zero-order chi connectivity index (χ0) is 37.4. The summed E-state index contributed by atoms with van der Waals surface area (Å²) in [6, 6.07) is 20.1. The molecule has 0 bridgehead atoms. The van der Waals surface area contributed by atoms with E-state index in [0.29, 0.717) is 88.7 Å². The Morgan fingerprint density at radius 1 is 0.712 bits per heavy atom. The average Bonchev–Trinajstić information content (AvgIpc) is 3.72. The van der Waals surface area contributed by atoms with E-state index >= 15 is 0 Å². The van der Waals surface area contributed by atoms with Gasteiger partial charge in [-0.15, -0.1) is 0 Å². The number of hydrogen-bond donors (Lipinski definition) is 3. The van der Waals surface area contributed by atoms with Gasteiger partial charge in [-0.05, 0) is 48.5 Å². The molecule has 52 heavy (non-hydrogen) atoms. The second-order valence-electron chi connectivity index (χ2n) is 9.59. The summed E-state index contributed by atoms with van der Waals surface area (Å²) in [5.74, 6) is 1.34. The molecule has 0 aliphatic rings. The number of carbonyl (C=O) groups excluding carboxylic acids is 1. The molecule has 0 aliphatic carbocycles. The van der Waals surface area contributed by atoms with E-state index in [0.717, 1.165) is 10.9 Å². The smallest absolute Gasteiger partial charge is 0.147 e. The minimum Gasteiger partial charge on any atom is -0.455 e. The maximum Gasteiger partial charge on any atom is 0.147 e. The van der Waals surface area contributed by atoms with Crippen LogP contribution in [0, 0.1) is 0 Å². The van der Waals surface area contributed by atoms with Crippen molar-refractivity contribution in [2.45, 2.75) is 14.0 Å². The van der Waals surface area contributed by atoms with Crippen LogP contribution in [0.2, 0.25) is 30.1 Å². The first-order valence-corrected chi connectivity index (χ1v) is 53.5. The normalized spacial score (nSPS) is 11.2. The molecular formula is C32H24Cl6I7N2O5-. The van der Waals surface area contributed by atoms with Crippen LogP contribution in [0.3, 0.4) is 0 Å². The molecule has 7 nitrogen and oxygen atoms in total. The molecular weight excluding hydrogens is 1590 g/mol. The van der Waals surface area contributed by atoms with Gasteiger partial charge in [0, 0.05) is 60.8 Å². The van der Waals surface area contributed by atoms with Crippen LogP contribution in [-0.4, -0.2) is 28.2 Å². The molecule has 0 atom stereocenters. The van der Waals surface area contributed by atoms with Crippen molar-refractivity contribution in [3.8, 4) is 23.0 Å². The summed E-state index contributed by atoms with van der Waals surface area (Å²) in [6.45, 7) is -0.0936. The molecule has 6 rings (SSSR count). The molecule has 284 valence electrons. The number of H-pyrrole nitrogens is 2. The van der Waals surface area contributed by atoms with E-state index < -0.39 is 5.97 Å².